The van der Waals surface area contributed by atoms with E-state index in [-0.39, 0.29) is 5.91 Å². The van der Waals surface area contributed by atoms with Gasteiger partial charge in [0.25, 0.3) is 5.91 Å². The summed E-state index contributed by atoms with van der Waals surface area (Å²) >= 11 is 9.39. The van der Waals surface area contributed by atoms with Gasteiger partial charge in [0.2, 0.25) is 0 Å². The number of methoxy groups -OCH3 is 1. The molecular formula is C22H18BrClN2O3. The van der Waals surface area contributed by atoms with Crippen LogP contribution in [0.15, 0.2) is 76.3 Å². The molecule has 1 N–H and O–H groups in total. The first kappa shape index (κ1) is 20.9. The van der Waals surface area contributed by atoms with Gasteiger partial charge in [0.1, 0.15) is 18.1 Å². The number of hydrazone groups is 1. The van der Waals surface area contributed by atoms with Crippen LogP contribution >= 0.6 is 27.5 Å². The maximum absolute atomic E-state index is 12.1. The molecule has 3 rings (SSSR count). The van der Waals surface area contributed by atoms with E-state index in [0.717, 1.165) is 15.6 Å². The molecule has 0 saturated heterocycles. The minimum atomic E-state index is -0.317. The Morgan fingerprint density at radius 3 is 2.66 bits per heavy atom. The summed E-state index contributed by atoms with van der Waals surface area (Å²) in [6.45, 7) is 0.430. The number of nitrogens with zero attached hydrogens (tertiary/aromatic N) is 1. The summed E-state index contributed by atoms with van der Waals surface area (Å²) in [5.74, 6) is 0.999. The second kappa shape index (κ2) is 10.1. The Balaban J connectivity index is 1.57. The third-order valence-corrected chi connectivity index (χ3v) is 4.85. The maximum atomic E-state index is 12.1. The van der Waals surface area contributed by atoms with Crippen LogP contribution in [0.3, 0.4) is 0 Å². The van der Waals surface area contributed by atoms with Crippen molar-refractivity contribution < 1.29 is 14.3 Å². The molecule has 7 heteroatoms. The molecule has 1 amide bonds. The summed E-state index contributed by atoms with van der Waals surface area (Å²) in [4.78, 5) is 12.1. The van der Waals surface area contributed by atoms with Gasteiger partial charge in [-0.05, 0) is 75.6 Å². The molecule has 0 aliphatic heterocycles. The van der Waals surface area contributed by atoms with E-state index in [1.807, 2.05) is 42.5 Å². The third-order valence-electron chi connectivity index (χ3n) is 3.98. The number of halogens is 2. The lowest BCUT2D eigenvalue weighted by Crippen LogP contribution is -2.17. The zero-order valence-electron chi connectivity index (χ0n) is 15.6. The largest absolute Gasteiger partial charge is 0.497 e. The van der Waals surface area contributed by atoms with Crippen LogP contribution in [0.25, 0.3) is 0 Å². The van der Waals surface area contributed by atoms with Crippen molar-refractivity contribution in [1.29, 1.82) is 0 Å². The van der Waals surface area contributed by atoms with Gasteiger partial charge >= 0.3 is 0 Å². The minimum absolute atomic E-state index is 0.317. The predicted molar refractivity (Wildman–Crippen MR) is 118 cm³/mol. The van der Waals surface area contributed by atoms with Gasteiger partial charge in [-0.1, -0.05) is 29.8 Å². The number of carbonyl (C=O) groups excluding carboxylic acids is 1. The Morgan fingerprint density at radius 1 is 1.14 bits per heavy atom. The summed E-state index contributed by atoms with van der Waals surface area (Å²) in [5.41, 5.74) is 4.80. The molecule has 0 aromatic heterocycles. The smallest absolute Gasteiger partial charge is 0.271 e. The summed E-state index contributed by atoms with van der Waals surface area (Å²) < 4.78 is 11.7. The molecule has 0 aliphatic carbocycles. The monoisotopic (exact) mass is 472 g/mol. The average Bonchev–Trinajstić information content (AvgIpc) is 2.74. The fourth-order valence-corrected chi connectivity index (χ4v) is 3.09. The minimum Gasteiger partial charge on any atom is -0.497 e. The average molecular weight is 474 g/mol. The number of benzene rings is 3. The zero-order valence-corrected chi connectivity index (χ0v) is 17.9. The molecule has 0 saturated carbocycles. The van der Waals surface area contributed by atoms with Crippen LogP contribution in [0.5, 0.6) is 11.5 Å². The topological polar surface area (TPSA) is 59.9 Å². The summed E-state index contributed by atoms with van der Waals surface area (Å²) in [6.07, 6.45) is 1.56. The molecule has 3 aromatic carbocycles. The molecule has 0 heterocycles. The summed E-state index contributed by atoms with van der Waals surface area (Å²) in [5, 5.41) is 4.70. The number of nitrogens with one attached hydrogen (secondary N) is 1. The number of amides is 1. The zero-order chi connectivity index (χ0) is 20.6. The molecule has 148 valence electrons. The third kappa shape index (κ3) is 6.07. The first-order valence-electron chi connectivity index (χ1n) is 8.69. The fraction of sp³-hybridized carbons (Fsp3) is 0.0909. The lowest BCUT2D eigenvalue weighted by molar-refractivity contribution is 0.0955. The van der Waals surface area contributed by atoms with E-state index in [1.54, 1.807) is 37.6 Å². The highest BCUT2D eigenvalue weighted by Gasteiger charge is 2.06. The van der Waals surface area contributed by atoms with Crippen molar-refractivity contribution in [3.63, 3.8) is 0 Å². The van der Waals surface area contributed by atoms with Gasteiger partial charge in [0, 0.05) is 10.6 Å². The normalized spacial score (nSPS) is 10.7. The molecule has 5 nitrogen and oxygen atoms in total. The van der Waals surface area contributed by atoms with Crippen molar-refractivity contribution in [2.75, 3.05) is 7.11 Å². The lowest BCUT2D eigenvalue weighted by atomic mass is 10.2. The van der Waals surface area contributed by atoms with Crippen LogP contribution in [0.4, 0.5) is 0 Å². The van der Waals surface area contributed by atoms with Crippen LogP contribution in [-0.4, -0.2) is 19.2 Å². The molecule has 3 aromatic rings. The van der Waals surface area contributed by atoms with Crippen LogP contribution in [0.2, 0.25) is 5.02 Å². The quantitative estimate of drug-likeness (QED) is 0.366. The van der Waals surface area contributed by atoms with E-state index >= 15 is 0 Å². The molecule has 0 fully saturated rings. The van der Waals surface area contributed by atoms with Crippen LogP contribution in [0, 0.1) is 0 Å². The van der Waals surface area contributed by atoms with Gasteiger partial charge in [-0.2, -0.15) is 5.10 Å². The van der Waals surface area contributed by atoms with Crippen molar-refractivity contribution in [3.05, 3.63) is 92.9 Å². The number of hydrogen-bond acceptors (Lipinski definition) is 4. The number of rotatable bonds is 7. The predicted octanol–water partition coefficient (Wildman–Crippen LogP) is 5.45. The Labute approximate surface area is 182 Å². The molecule has 0 aliphatic rings. The van der Waals surface area contributed by atoms with Gasteiger partial charge in [0.15, 0.2) is 0 Å². The van der Waals surface area contributed by atoms with E-state index in [2.05, 4.69) is 26.5 Å². The molecule has 0 radical (unpaired) electrons. The highest BCUT2D eigenvalue weighted by Crippen LogP contribution is 2.26. The summed E-state index contributed by atoms with van der Waals surface area (Å²) in [6, 6.07) is 19.9. The molecule has 0 atom stereocenters. The van der Waals surface area contributed by atoms with Crippen molar-refractivity contribution in [2.45, 2.75) is 6.61 Å². The van der Waals surface area contributed by atoms with E-state index < -0.39 is 0 Å². The van der Waals surface area contributed by atoms with E-state index in [1.165, 1.54) is 0 Å². The second-order valence-corrected chi connectivity index (χ2v) is 7.33. The Hall–Kier alpha value is -2.83. The Morgan fingerprint density at radius 2 is 1.93 bits per heavy atom. The standard InChI is InChI=1S/C22H18BrClN2O3/c1-28-19-4-2-3-17(12-19)22(27)26-25-13-16-7-10-21(20(23)11-16)29-14-15-5-8-18(24)9-6-15/h2-13H,14H2,1H3,(H,26,27). The highest BCUT2D eigenvalue weighted by molar-refractivity contribution is 9.10. The lowest BCUT2D eigenvalue weighted by Gasteiger charge is -2.09. The number of hydrogen-bond donors (Lipinski definition) is 1. The molecule has 0 bridgehead atoms. The van der Waals surface area contributed by atoms with Gasteiger partial charge < -0.3 is 9.47 Å². The van der Waals surface area contributed by atoms with Crippen molar-refractivity contribution in [2.24, 2.45) is 5.10 Å². The second-order valence-electron chi connectivity index (χ2n) is 6.04. The van der Waals surface area contributed by atoms with Crippen LogP contribution in [-0.2, 0) is 6.61 Å². The first-order chi connectivity index (χ1) is 14.0. The van der Waals surface area contributed by atoms with Crippen molar-refractivity contribution in [3.8, 4) is 11.5 Å². The van der Waals surface area contributed by atoms with Crippen LogP contribution in [0.1, 0.15) is 21.5 Å². The Bertz CT molecular complexity index is 1020. The molecule has 0 unspecified atom stereocenters. The van der Waals surface area contributed by atoms with E-state index in [4.69, 9.17) is 21.1 Å². The summed E-state index contributed by atoms with van der Waals surface area (Å²) in [7, 11) is 1.55. The SMILES string of the molecule is COc1cccc(C(=O)NN=Cc2ccc(OCc3ccc(Cl)cc3)c(Br)c2)c1. The van der Waals surface area contributed by atoms with E-state index in [0.29, 0.717) is 28.7 Å². The van der Waals surface area contributed by atoms with Crippen molar-refractivity contribution in [1.82, 2.24) is 5.43 Å². The number of ether oxygens (including phenoxy) is 2. The Kier molecular flexibility index (Phi) is 7.27. The highest BCUT2D eigenvalue weighted by atomic mass is 79.9. The van der Waals surface area contributed by atoms with Crippen LogP contribution < -0.4 is 14.9 Å². The van der Waals surface area contributed by atoms with Gasteiger partial charge in [-0.15, -0.1) is 0 Å². The van der Waals surface area contributed by atoms with Gasteiger partial charge in [-0.25, -0.2) is 5.43 Å². The van der Waals surface area contributed by atoms with Gasteiger partial charge in [0.05, 0.1) is 17.8 Å². The molecular weight excluding hydrogens is 456 g/mol. The first-order valence-corrected chi connectivity index (χ1v) is 9.86. The molecule has 0 spiro atoms. The fourth-order valence-electron chi connectivity index (χ4n) is 2.45. The number of carbonyl (C=O) groups is 1. The van der Waals surface area contributed by atoms with Crippen molar-refractivity contribution >= 4 is 39.7 Å². The molecule has 29 heavy (non-hydrogen) atoms. The maximum Gasteiger partial charge on any atom is 0.271 e. The van der Waals surface area contributed by atoms with E-state index in [9.17, 15) is 4.79 Å². The van der Waals surface area contributed by atoms with Gasteiger partial charge in [-0.3, -0.25) is 4.79 Å².